The molecule has 2 aromatic carbocycles. The zero-order chi connectivity index (χ0) is 21.4. The quantitative estimate of drug-likeness (QED) is 0.416. The Morgan fingerprint density at radius 2 is 1.52 bits per heavy atom. The summed E-state index contributed by atoms with van der Waals surface area (Å²) in [5, 5.41) is 33.4. The number of ether oxygens (including phenoxy) is 1. The van der Waals surface area contributed by atoms with Crippen LogP contribution in [0.2, 0.25) is 0 Å². The van der Waals surface area contributed by atoms with Crippen LogP contribution in [0.25, 0.3) is 0 Å². The minimum absolute atomic E-state index is 0. The van der Waals surface area contributed by atoms with Crippen molar-refractivity contribution in [3.63, 3.8) is 0 Å². The third kappa shape index (κ3) is 7.50. The summed E-state index contributed by atoms with van der Waals surface area (Å²) in [6, 6.07) is 10.3. The van der Waals surface area contributed by atoms with Gasteiger partial charge in [-0.05, 0) is 12.1 Å². The Balaban J connectivity index is 0.000000546. The molecule has 1 aliphatic rings. The van der Waals surface area contributed by atoms with Gasteiger partial charge in [0.15, 0.2) is 0 Å². The van der Waals surface area contributed by atoms with Crippen molar-refractivity contribution in [2.45, 2.75) is 0 Å². The molecule has 0 bridgehead atoms. The molecule has 6 N–H and O–H groups in total. The molecule has 0 atom stereocenters. The Hall–Kier alpha value is -3.81. The summed E-state index contributed by atoms with van der Waals surface area (Å²) in [5.41, 5.74) is -0.703. The van der Waals surface area contributed by atoms with Gasteiger partial charge in [0.05, 0.1) is 60.9 Å². The monoisotopic (exact) mass is 440 g/mol. The van der Waals surface area contributed by atoms with Crippen molar-refractivity contribution in [1.29, 1.82) is 0 Å². The molecule has 0 amide bonds. The van der Waals surface area contributed by atoms with Crippen molar-refractivity contribution in [2.75, 3.05) is 38.2 Å². The number of nitrogens with two attached hydrogens (primary N) is 1. The standard InChI is InChI=1S/C11H16N2O.C7H4N2O6.2H2O/c1-14-11-5-3-2-4-10(11)13-8-6-12-7-9-13;10-7(11)4-1-5(8(12)13)3-6(2-4)9(14)15;;/h2-5,12H,6-9H2,1H3;1-3H,(H,10,11);2*1H2. The van der Waals surface area contributed by atoms with Gasteiger partial charge in [0.1, 0.15) is 5.75 Å². The summed E-state index contributed by atoms with van der Waals surface area (Å²) in [6.07, 6.45) is 0. The molecule has 2 aromatic rings. The molecule has 0 spiro atoms. The number of carboxylic acids is 1. The first-order valence-corrected chi connectivity index (χ1v) is 8.68. The van der Waals surface area contributed by atoms with Crippen LogP contribution < -0.4 is 20.1 Å². The van der Waals surface area contributed by atoms with Gasteiger partial charge in [0, 0.05) is 17.7 Å². The highest BCUT2D eigenvalue weighted by Gasteiger charge is 2.17. The second kappa shape index (κ2) is 12.7. The Morgan fingerprint density at radius 3 is 1.97 bits per heavy atom. The summed E-state index contributed by atoms with van der Waals surface area (Å²) >= 11 is 0. The van der Waals surface area contributed by atoms with Crippen molar-refractivity contribution in [3.8, 4) is 5.75 Å². The molecule has 31 heavy (non-hydrogen) atoms. The number of nitro benzene ring substituents is 2. The number of quaternary nitrogens is 1. The van der Waals surface area contributed by atoms with E-state index in [1.54, 1.807) is 7.11 Å². The van der Waals surface area contributed by atoms with Crippen LogP contribution in [-0.4, -0.2) is 60.1 Å². The van der Waals surface area contributed by atoms with E-state index in [-0.39, 0.29) is 11.0 Å². The lowest BCUT2D eigenvalue weighted by Gasteiger charge is -2.28. The molecule has 170 valence electrons. The molecule has 3 rings (SSSR count). The van der Waals surface area contributed by atoms with E-state index < -0.39 is 32.8 Å². The number of aromatic carboxylic acids is 1. The zero-order valence-electron chi connectivity index (χ0n) is 16.6. The maximum Gasteiger partial charge on any atom is 0.276 e. The lowest BCUT2D eigenvalue weighted by Crippen LogP contribution is -2.89. The molecular weight excluding hydrogens is 416 g/mol. The van der Waals surface area contributed by atoms with E-state index in [1.165, 1.54) is 18.8 Å². The van der Waals surface area contributed by atoms with Gasteiger partial charge < -0.3 is 35.8 Å². The second-order valence-electron chi connectivity index (χ2n) is 6.06. The van der Waals surface area contributed by atoms with E-state index in [1.807, 2.05) is 12.1 Å². The highest BCUT2D eigenvalue weighted by atomic mass is 16.6. The molecule has 0 aliphatic carbocycles. The van der Waals surface area contributed by atoms with E-state index >= 15 is 0 Å². The second-order valence-corrected chi connectivity index (χ2v) is 6.06. The Kier molecular flexibility index (Phi) is 11.1. The fourth-order valence-corrected chi connectivity index (χ4v) is 2.81. The average Bonchev–Trinajstić information content (AvgIpc) is 2.74. The van der Waals surface area contributed by atoms with Crippen LogP contribution in [0.15, 0.2) is 42.5 Å². The first kappa shape index (κ1) is 27.2. The van der Waals surface area contributed by atoms with Gasteiger partial charge in [-0.15, -0.1) is 0 Å². The predicted octanol–water partition coefficient (Wildman–Crippen LogP) is -1.70. The zero-order valence-corrected chi connectivity index (χ0v) is 16.6. The Labute approximate surface area is 176 Å². The van der Waals surface area contributed by atoms with Gasteiger partial charge in [0.25, 0.3) is 11.4 Å². The SMILES string of the molecule is COc1ccccc1N1CC[NH2+]CC1.O.O.O=C([O-])c1cc([N+](=O)[O-])cc([N+](=O)[O-])c1. The summed E-state index contributed by atoms with van der Waals surface area (Å²) in [7, 11) is 1.73. The van der Waals surface area contributed by atoms with E-state index in [2.05, 4.69) is 22.3 Å². The van der Waals surface area contributed by atoms with Crippen LogP contribution >= 0.6 is 0 Å². The number of piperazine rings is 1. The summed E-state index contributed by atoms with van der Waals surface area (Å²) in [4.78, 5) is 31.6. The van der Waals surface area contributed by atoms with Crippen molar-refractivity contribution in [3.05, 3.63) is 68.3 Å². The fourth-order valence-electron chi connectivity index (χ4n) is 2.81. The maximum atomic E-state index is 10.4. The van der Waals surface area contributed by atoms with Gasteiger partial charge in [-0.1, -0.05) is 12.1 Å². The third-order valence-electron chi connectivity index (χ3n) is 4.19. The van der Waals surface area contributed by atoms with Crippen LogP contribution in [0.5, 0.6) is 5.75 Å². The molecule has 13 heteroatoms. The first-order chi connectivity index (χ1) is 13.8. The number of carbonyl (C=O) groups excluding carboxylic acids is 1. The number of hydrogen-bond acceptors (Lipinski definition) is 8. The number of nitro groups is 2. The number of benzene rings is 2. The van der Waals surface area contributed by atoms with Crippen LogP contribution in [0.1, 0.15) is 10.4 Å². The van der Waals surface area contributed by atoms with Gasteiger partial charge in [-0.3, -0.25) is 20.2 Å². The summed E-state index contributed by atoms with van der Waals surface area (Å²) in [6.45, 7) is 4.58. The number of methoxy groups -OCH3 is 1. The van der Waals surface area contributed by atoms with Crippen molar-refractivity contribution < 1.29 is 40.8 Å². The third-order valence-corrected chi connectivity index (χ3v) is 4.19. The summed E-state index contributed by atoms with van der Waals surface area (Å²) < 4.78 is 5.35. The molecular formula is C18H24N4O9. The minimum Gasteiger partial charge on any atom is -0.545 e. The predicted molar refractivity (Wildman–Crippen MR) is 108 cm³/mol. The van der Waals surface area contributed by atoms with E-state index in [4.69, 9.17) is 4.74 Å². The normalized spacial score (nSPS) is 12.2. The van der Waals surface area contributed by atoms with Crippen LogP contribution in [0.3, 0.4) is 0 Å². The fraction of sp³-hybridized carbons (Fsp3) is 0.278. The maximum absolute atomic E-state index is 10.4. The van der Waals surface area contributed by atoms with Crippen molar-refractivity contribution in [1.82, 2.24) is 0 Å². The van der Waals surface area contributed by atoms with Gasteiger partial charge in [0.2, 0.25) is 0 Å². The van der Waals surface area contributed by atoms with Crippen molar-refractivity contribution in [2.24, 2.45) is 0 Å². The molecule has 0 aromatic heterocycles. The van der Waals surface area contributed by atoms with E-state index in [9.17, 15) is 30.1 Å². The largest absolute Gasteiger partial charge is 0.545 e. The number of anilines is 1. The number of para-hydroxylation sites is 2. The molecule has 1 fully saturated rings. The lowest BCUT2D eigenvalue weighted by atomic mass is 10.2. The Morgan fingerprint density at radius 1 is 1.00 bits per heavy atom. The molecule has 0 unspecified atom stereocenters. The number of nitrogens with zero attached hydrogens (tertiary/aromatic N) is 3. The van der Waals surface area contributed by atoms with Gasteiger partial charge in [-0.25, -0.2) is 0 Å². The van der Waals surface area contributed by atoms with Gasteiger partial charge in [-0.2, -0.15) is 0 Å². The number of hydrogen-bond donors (Lipinski definition) is 1. The van der Waals surface area contributed by atoms with Crippen LogP contribution in [-0.2, 0) is 0 Å². The number of non-ortho nitro benzene ring substituents is 2. The number of rotatable bonds is 5. The van der Waals surface area contributed by atoms with Crippen LogP contribution in [0, 0.1) is 20.2 Å². The minimum atomic E-state index is -1.71. The van der Waals surface area contributed by atoms with E-state index in [0.29, 0.717) is 18.2 Å². The number of carboxylic acid groups (broad SMARTS) is 1. The molecule has 0 saturated carbocycles. The van der Waals surface area contributed by atoms with Crippen LogP contribution in [0.4, 0.5) is 17.1 Å². The molecule has 13 nitrogen and oxygen atoms in total. The van der Waals surface area contributed by atoms with Gasteiger partial charge >= 0.3 is 0 Å². The lowest BCUT2D eigenvalue weighted by molar-refractivity contribution is -0.655. The van der Waals surface area contributed by atoms with Crippen molar-refractivity contribution >= 4 is 23.0 Å². The summed E-state index contributed by atoms with van der Waals surface area (Å²) in [5.74, 6) is -0.726. The molecule has 1 saturated heterocycles. The van der Waals surface area contributed by atoms with E-state index in [0.717, 1.165) is 18.8 Å². The average molecular weight is 440 g/mol. The smallest absolute Gasteiger partial charge is 0.276 e. The Bertz CT molecular complexity index is 822. The highest BCUT2D eigenvalue weighted by Crippen LogP contribution is 2.27. The number of carbonyl (C=O) groups is 1. The molecule has 1 heterocycles. The highest BCUT2D eigenvalue weighted by molar-refractivity contribution is 5.87. The topological polar surface area (TPSA) is 218 Å². The molecule has 0 radical (unpaired) electrons. The first-order valence-electron chi connectivity index (χ1n) is 8.68. The molecule has 1 aliphatic heterocycles.